The van der Waals surface area contributed by atoms with Gasteiger partial charge in [0, 0.05) is 23.8 Å². The molecule has 2 amide bonds. The fourth-order valence-corrected chi connectivity index (χ4v) is 2.40. The first-order valence-electron chi connectivity index (χ1n) is 5.75. The number of carbonyl (C=O) groups is 3. The van der Waals surface area contributed by atoms with Crippen molar-refractivity contribution in [1.29, 1.82) is 0 Å². The van der Waals surface area contributed by atoms with Crippen LogP contribution in [0.5, 0.6) is 0 Å². The molecule has 0 aliphatic heterocycles. The summed E-state index contributed by atoms with van der Waals surface area (Å²) in [6.07, 6.45) is 0. The number of hydrogen-bond donors (Lipinski definition) is 2. The predicted octanol–water partition coefficient (Wildman–Crippen LogP) is -1.06. The number of ether oxygens (including phenoxy) is 1. The topological polar surface area (TPSA) is 102 Å². The van der Waals surface area contributed by atoms with E-state index >= 15 is 0 Å². The Bertz CT molecular complexity index is 370. The van der Waals surface area contributed by atoms with E-state index in [1.54, 1.807) is 13.8 Å². The maximum Gasteiger partial charge on any atom is 0.329 e. The van der Waals surface area contributed by atoms with Crippen molar-refractivity contribution in [1.82, 2.24) is 10.6 Å². The Labute approximate surface area is 114 Å². The summed E-state index contributed by atoms with van der Waals surface area (Å²) in [6, 6.07) is -1.05. The second kappa shape index (κ2) is 8.63. The van der Waals surface area contributed by atoms with Gasteiger partial charge in [0.05, 0.1) is 12.9 Å². The lowest BCUT2D eigenvalue weighted by Gasteiger charge is -2.15. The molecule has 110 valence electrons. The number of nitrogens with one attached hydrogen (secondary N) is 2. The molecule has 0 aromatic rings. The highest BCUT2D eigenvalue weighted by molar-refractivity contribution is 7.85. The molecule has 0 saturated heterocycles. The molecule has 0 rings (SSSR count). The average molecular weight is 292 g/mol. The molecule has 0 heterocycles. The smallest absolute Gasteiger partial charge is 0.329 e. The first-order chi connectivity index (χ1) is 8.76. The largest absolute Gasteiger partial charge is 0.467 e. The van der Waals surface area contributed by atoms with Crippen LogP contribution in [0.25, 0.3) is 0 Å². The molecule has 0 bridgehead atoms. The molecule has 7 nitrogen and oxygen atoms in total. The summed E-state index contributed by atoms with van der Waals surface area (Å²) in [4.78, 5) is 33.7. The molecule has 0 saturated carbocycles. The van der Waals surface area contributed by atoms with Gasteiger partial charge in [0.1, 0.15) is 11.8 Å². The van der Waals surface area contributed by atoms with Gasteiger partial charge in [-0.25, -0.2) is 4.79 Å². The van der Waals surface area contributed by atoms with Crippen LogP contribution in [0.3, 0.4) is 0 Å². The van der Waals surface area contributed by atoms with Crippen molar-refractivity contribution >= 4 is 28.6 Å². The van der Waals surface area contributed by atoms with Crippen LogP contribution in [-0.2, 0) is 29.9 Å². The van der Waals surface area contributed by atoms with Crippen molar-refractivity contribution in [3.05, 3.63) is 0 Å². The molecular formula is C11H20N2O5S. The summed E-state index contributed by atoms with van der Waals surface area (Å²) < 4.78 is 16.2. The summed E-state index contributed by atoms with van der Waals surface area (Å²) in [7, 11) is -0.391. The molecule has 0 radical (unpaired) electrons. The Morgan fingerprint density at radius 1 is 1.21 bits per heavy atom. The zero-order valence-corrected chi connectivity index (χ0v) is 12.3. The van der Waals surface area contributed by atoms with Crippen molar-refractivity contribution in [2.24, 2.45) is 0 Å². The van der Waals surface area contributed by atoms with E-state index < -0.39 is 28.7 Å². The first kappa shape index (κ1) is 17.6. The van der Waals surface area contributed by atoms with Crippen LogP contribution in [-0.4, -0.2) is 52.7 Å². The van der Waals surface area contributed by atoms with E-state index in [4.69, 9.17) is 0 Å². The van der Waals surface area contributed by atoms with E-state index in [9.17, 15) is 18.6 Å². The van der Waals surface area contributed by atoms with E-state index in [1.165, 1.54) is 14.0 Å². The van der Waals surface area contributed by atoms with E-state index in [1.807, 2.05) is 0 Å². The lowest BCUT2D eigenvalue weighted by molar-refractivity contribution is -0.144. The monoisotopic (exact) mass is 292 g/mol. The van der Waals surface area contributed by atoms with Gasteiger partial charge >= 0.3 is 5.97 Å². The van der Waals surface area contributed by atoms with E-state index in [2.05, 4.69) is 15.4 Å². The van der Waals surface area contributed by atoms with E-state index in [0.717, 1.165) is 0 Å². The highest BCUT2D eigenvalue weighted by atomic mass is 32.2. The first-order valence-corrected chi connectivity index (χ1v) is 7.24. The van der Waals surface area contributed by atoms with Gasteiger partial charge in [-0.2, -0.15) is 0 Å². The van der Waals surface area contributed by atoms with Crippen molar-refractivity contribution in [2.75, 3.05) is 18.6 Å². The summed E-state index contributed by atoms with van der Waals surface area (Å²) in [6.45, 7) is 4.81. The van der Waals surface area contributed by atoms with Crippen molar-refractivity contribution < 1.29 is 23.3 Å². The maximum absolute atomic E-state index is 11.7. The molecular weight excluding hydrogens is 272 g/mol. The number of esters is 1. The Balaban J connectivity index is 4.42. The second-order valence-corrected chi connectivity index (χ2v) is 5.75. The third-order valence-corrected chi connectivity index (χ3v) is 3.25. The third-order valence-electron chi connectivity index (χ3n) is 1.96. The molecule has 0 aliphatic carbocycles. The highest BCUT2D eigenvalue weighted by Gasteiger charge is 2.23. The standard InChI is InChI=1S/C11H20N2O5S/c1-7(2)12-10(15)6-19(17)5-9(11(16)18-4)13-8(3)14/h7,9H,5-6H2,1-4H3,(H,12,15)(H,13,14). The lowest BCUT2D eigenvalue weighted by Crippen LogP contribution is -2.45. The van der Waals surface area contributed by atoms with Gasteiger partial charge in [-0.05, 0) is 13.8 Å². The molecule has 0 aromatic carbocycles. The van der Waals surface area contributed by atoms with Crippen LogP contribution in [0.2, 0.25) is 0 Å². The van der Waals surface area contributed by atoms with Gasteiger partial charge in [-0.3, -0.25) is 13.8 Å². The minimum atomic E-state index is -1.56. The van der Waals surface area contributed by atoms with Gasteiger partial charge in [0.25, 0.3) is 0 Å². The SMILES string of the molecule is COC(=O)C(CS(=O)CC(=O)NC(C)C)NC(C)=O. The second-order valence-electron chi connectivity index (χ2n) is 4.25. The average Bonchev–Trinajstić information content (AvgIpc) is 2.24. The van der Waals surface area contributed by atoms with Crippen molar-refractivity contribution in [3.63, 3.8) is 0 Å². The molecule has 2 unspecified atom stereocenters. The summed E-state index contributed by atoms with van der Waals surface area (Å²) in [5, 5.41) is 4.93. The normalized spacial score (nSPS) is 13.5. The molecule has 0 spiro atoms. The van der Waals surface area contributed by atoms with Crippen molar-refractivity contribution in [3.8, 4) is 0 Å². The van der Waals surface area contributed by atoms with E-state index in [0.29, 0.717) is 0 Å². The molecule has 0 aromatic heterocycles. The fraction of sp³-hybridized carbons (Fsp3) is 0.727. The maximum atomic E-state index is 11.7. The van der Waals surface area contributed by atoms with Crippen LogP contribution in [0.15, 0.2) is 0 Å². The third kappa shape index (κ3) is 8.30. The highest BCUT2D eigenvalue weighted by Crippen LogP contribution is 1.95. The van der Waals surface area contributed by atoms with Crippen LogP contribution in [0.4, 0.5) is 0 Å². The van der Waals surface area contributed by atoms with Crippen LogP contribution >= 0.6 is 0 Å². The number of carbonyl (C=O) groups excluding carboxylic acids is 3. The molecule has 0 fully saturated rings. The minimum absolute atomic E-state index is 0.0451. The van der Waals surface area contributed by atoms with Gasteiger partial charge in [-0.15, -0.1) is 0 Å². The number of methoxy groups -OCH3 is 1. The van der Waals surface area contributed by atoms with Gasteiger partial charge < -0.3 is 15.4 Å². The lowest BCUT2D eigenvalue weighted by atomic mass is 10.3. The Hall–Kier alpha value is -1.44. The van der Waals surface area contributed by atoms with Gasteiger partial charge in [0.15, 0.2) is 0 Å². The van der Waals surface area contributed by atoms with Gasteiger partial charge in [-0.1, -0.05) is 0 Å². The van der Waals surface area contributed by atoms with Crippen LogP contribution < -0.4 is 10.6 Å². The van der Waals surface area contributed by atoms with Crippen molar-refractivity contribution in [2.45, 2.75) is 32.9 Å². The summed E-state index contributed by atoms with van der Waals surface area (Å²) in [5.41, 5.74) is 0. The Kier molecular flexibility index (Phi) is 7.97. The summed E-state index contributed by atoms with van der Waals surface area (Å²) in [5.74, 6) is -1.85. The number of amides is 2. The van der Waals surface area contributed by atoms with E-state index in [-0.39, 0.29) is 23.5 Å². The van der Waals surface area contributed by atoms with Crippen LogP contribution in [0.1, 0.15) is 20.8 Å². The summed E-state index contributed by atoms with van der Waals surface area (Å²) >= 11 is 0. The molecule has 8 heteroatoms. The fourth-order valence-electron chi connectivity index (χ4n) is 1.31. The molecule has 2 N–H and O–H groups in total. The molecule has 2 atom stereocenters. The zero-order chi connectivity index (χ0) is 15.0. The number of rotatable bonds is 7. The predicted molar refractivity (Wildman–Crippen MR) is 70.8 cm³/mol. The zero-order valence-electron chi connectivity index (χ0n) is 11.5. The van der Waals surface area contributed by atoms with Crippen LogP contribution in [0, 0.1) is 0 Å². The Morgan fingerprint density at radius 2 is 1.79 bits per heavy atom. The Morgan fingerprint density at radius 3 is 2.21 bits per heavy atom. The minimum Gasteiger partial charge on any atom is -0.467 e. The quantitative estimate of drug-likeness (QED) is 0.582. The molecule has 19 heavy (non-hydrogen) atoms. The molecule has 0 aliphatic rings. The van der Waals surface area contributed by atoms with Gasteiger partial charge in [0.2, 0.25) is 11.8 Å². The number of hydrogen-bond acceptors (Lipinski definition) is 5.